The Hall–Kier alpha value is -3.85. The molecule has 0 heterocycles. The number of hydrogen-bond donors (Lipinski definition) is 1. The fourth-order valence-corrected chi connectivity index (χ4v) is 5.66. The third-order valence-electron chi connectivity index (χ3n) is 6.79. The summed E-state index contributed by atoms with van der Waals surface area (Å²) in [6.45, 7) is 10.1. The van der Waals surface area contributed by atoms with Crippen LogP contribution in [-0.2, 0) is 26.2 Å². The van der Waals surface area contributed by atoms with Crippen molar-refractivity contribution < 1.29 is 22.7 Å². The van der Waals surface area contributed by atoms with E-state index in [1.54, 1.807) is 43.3 Å². The van der Waals surface area contributed by atoms with E-state index in [1.165, 1.54) is 17.0 Å². The lowest BCUT2D eigenvalue weighted by molar-refractivity contribution is -0.139. The highest BCUT2D eigenvalue weighted by Gasteiger charge is 2.32. The number of benzene rings is 3. The molecule has 0 aliphatic rings. The third kappa shape index (κ3) is 8.57. The van der Waals surface area contributed by atoms with Gasteiger partial charge in [0.15, 0.2) is 0 Å². The van der Waals surface area contributed by atoms with Crippen molar-refractivity contribution in [2.24, 2.45) is 0 Å². The molecule has 0 aromatic heterocycles. The summed E-state index contributed by atoms with van der Waals surface area (Å²) in [5, 5.41) is 2.90. The average Bonchev–Trinajstić information content (AvgIpc) is 2.96. The molecule has 0 unspecified atom stereocenters. The van der Waals surface area contributed by atoms with E-state index in [-0.39, 0.29) is 17.3 Å². The maximum Gasteiger partial charge on any atom is 0.264 e. The normalized spacial score (nSPS) is 11.9. The second-order valence-corrected chi connectivity index (χ2v) is 11.9. The minimum Gasteiger partial charge on any atom is -0.494 e. The topological polar surface area (TPSA) is 96.0 Å². The fourth-order valence-electron chi connectivity index (χ4n) is 4.25. The Bertz CT molecular complexity index is 1390. The van der Waals surface area contributed by atoms with E-state index >= 15 is 0 Å². The van der Waals surface area contributed by atoms with E-state index in [1.807, 2.05) is 52.0 Å². The number of sulfonamides is 1. The Morgan fingerprint density at radius 1 is 0.878 bits per heavy atom. The Balaban J connectivity index is 2.00. The minimum absolute atomic E-state index is 0.0697. The Morgan fingerprint density at radius 2 is 1.46 bits per heavy atom. The van der Waals surface area contributed by atoms with Gasteiger partial charge in [-0.15, -0.1) is 0 Å². The van der Waals surface area contributed by atoms with Gasteiger partial charge in [0, 0.05) is 13.1 Å². The molecular weight excluding hydrogens is 538 g/mol. The number of carbonyl (C=O) groups excluding carboxylic acids is 2. The molecule has 0 radical (unpaired) electrons. The van der Waals surface area contributed by atoms with Crippen molar-refractivity contribution >= 4 is 27.5 Å². The predicted molar refractivity (Wildman–Crippen MR) is 162 cm³/mol. The van der Waals surface area contributed by atoms with E-state index in [2.05, 4.69) is 5.32 Å². The average molecular weight is 580 g/mol. The van der Waals surface area contributed by atoms with Crippen LogP contribution in [0.2, 0.25) is 0 Å². The molecule has 0 spiro atoms. The van der Waals surface area contributed by atoms with Crippen LogP contribution in [0, 0.1) is 13.8 Å². The summed E-state index contributed by atoms with van der Waals surface area (Å²) < 4.78 is 34.5. The molecular formula is C32H41N3O5S. The van der Waals surface area contributed by atoms with Crippen molar-refractivity contribution in [3.05, 3.63) is 89.5 Å². The molecule has 3 aromatic rings. The molecule has 0 aliphatic heterocycles. The maximum atomic E-state index is 14.0. The molecule has 0 aliphatic carbocycles. The van der Waals surface area contributed by atoms with Gasteiger partial charge in [0.1, 0.15) is 18.3 Å². The van der Waals surface area contributed by atoms with Gasteiger partial charge in [-0.05, 0) is 76.1 Å². The fraction of sp³-hybridized carbons (Fsp3) is 0.375. The summed E-state index contributed by atoms with van der Waals surface area (Å²) in [6.07, 6.45) is 1.75. The van der Waals surface area contributed by atoms with Crippen LogP contribution < -0.4 is 14.4 Å². The molecule has 0 fully saturated rings. The minimum atomic E-state index is -4.12. The maximum absolute atomic E-state index is 14.0. The van der Waals surface area contributed by atoms with Crippen LogP contribution in [0.4, 0.5) is 5.69 Å². The number of amides is 2. The second-order valence-electron chi connectivity index (χ2n) is 10.1. The van der Waals surface area contributed by atoms with Crippen molar-refractivity contribution in [1.29, 1.82) is 0 Å². The van der Waals surface area contributed by atoms with Gasteiger partial charge in [-0.3, -0.25) is 13.9 Å². The van der Waals surface area contributed by atoms with Crippen molar-refractivity contribution in [3.63, 3.8) is 0 Å². The van der Waals surface area contributed by atoms with Gasteiger partial charge in [0.05, 0.1) is 17.2 Å². The molecule has 2 amide bonds. The molecule has 220 valence electrons. The molecule has 0 saturated carbocycles. The Labute approximate surface area is 244 Å². The van der Waals surface area contributed by atoms with E-state index in [0.717, 1.165) is 33.8 Å². The van der Waals surface area contributed by atoms with E-state index in [0.29, 0.717) is 24.6 Å². The highest BCUT2D eigenvalue weighted by atomic mass is 32.2. The van der Waals surface area contributed by atoms with E-state index in [4.69, 9.17) is 4.74 Å². The summed E-state index contributed by atoms with van der Waals surface area (Å²) in [7, 11) is -4.12. The van der Waals surface area contributed by atoms with Gasteiger partial charge in [-0.2, -0.15) is 0 Å². The first-order valence-electron chi connectivity index (χ1n) is 14.0. The monoisotopic (exact) mass is 579 g/mol. The summed E-state index contributed by atoms with van der Waals surface area (Å²) in [5.41, 5.74) is 3.14. The van der Waals surface area contributed by atoms with Crippen LogP contribution in [0.25, 0.3) is 0 Å². The van der Waals surface area contributed by atoms with Crippen LogP contribution in [0.3, 0.4) is 0 Å². The van der Waals surface area contributed by atoms with Gasteiger partial charge < -0.3 is 15.0 Å². The number of ether oxygens (including phenoxy) is 1. The molecule has 0 saturated heterocycles. The van der Waals surface area contributed by atoms with Gasteiger partial charge >= 0.3 is 0 Å². The van der Waals surface area contributed by atoms with Crippen LogP contribution in [0.5, 0.6) is 5.75 Å². The zero-order chi connectivity index (χ0) is 30.0. The lowest BCUT2D eigenvalue weighted by Gasteiger charge is -2.32. The molecule has 1 atom stereocenters. The second kappa shape index (κ2) is 14.7. The van der Waals surface area contributed by atoms with Crippen molar-refractivity contribution in [1.82, 2.24) is 10.2 Å². The summed E-state index contributed by atoms with van der Waals surface area (Å²) in [4.78, 5) is 28.6. The number of unbranched alkanes of at least 4 members (excludes halogenated alkanes) is 1. The number of hydrogen-bond acceptors (Lipinski definition) is 5. The largest absolute Gasteiger partial charge is 0.494 e. The predicted octanol–water partition coefficient (Wildman–Crippen LogP) is 5.23. The van der Waals surface area contributed by atoms with Crippen LogP contribution >= 0.6 is 0 Å². The lowest BCUT2D eigenvalue weighted by atomic mass is 10.1. The number of nitrogens with zero attached hydrogens (tertiary/aromatic N) is 2. The van der Waals surface area contributed by atoms with Gasteiger partial charge in [-0.25, -0.2) is 8.42 Å². The number of carbonyl (C=O) groups is 2. The van der Waals surface area contributed by atoms with Crippen LogP contribution in [-0.4, -0.2) is 50.9 Å². The van der Waals surface area contributed by atoms with Gasteiger partial charge in [0.2, 0.25) is 11.8 Å². The molecule has 8 nitrogen and oxygen atoms in total. The first-order valence-corrected chi connectivity index (χ1v) is 15.5. The standard InChI is InChI=1S/C32H41N3O5S/c1-6-8-21-33-32(37)26(5)34(22-27-13-9-24(3)10-14-27)31(36)23-35(28-15-17-29(18-16-28)40-7-2)41(38,39)30-19-11-25(4)12-20-30/h9-20,26H,6-8,21-23H2,1-5H3,(H,33,37)/t26-/m1/s1. The lowest BCUT2D eigenvalue weighted by Crippen LogP contribution is -2.51. The highest BCUT2D eigenvalue weighted by molar-refractivity contribution is 7.92. The third-order valence-corrected chi connectivity index (χ3v) is 8.58. The van der Waals surface area contributed by atoms with E-state index in [9.17, 15) is 18.0 Å². The van der Waals surface area contributed by atoms with Crippen molar-refractivity contribution in [3.8, 4) is 5.75 Å². The van der Waals surface area contributed by atoms with Crippen LogP contribution in [0.1, 0.15) is 50.3 Å². The number of aryl methyl sites for hydroxylation is 2. The molecule has 3 rings (SSSR count). The van der Waals surface area contributed by atoms with Gasteiger partial charge in [0.25, 0.3) is 10.0 Å². The smallest absolute Gasteiger partial charge is 0.264 e. The Kier molecular flexibility index (Phi) is 11.3. The first-order chi connectivity index (χ1) is 19.6. The quantitative estimate of drug-likeness (QED) is 0.264. The molecule has 1 N–H and O–H groups in total. The highest BCUT2D eigenvalue weighted by Crippen LogP contribution is 2.27. The van der Waals surface area contributed by atoms with Gasteiger partial charge in [-0.1, -0.05) is 60.9 Å². The van der Waals surface area contributed by atoms with Crippen molar-refractivity contribution in [2.45, 2.75) is 64.9 Å². The first kappa shape index (κ1) is 31.7. The summed E-state index contributed by atoms with van der Waals surface area (Å²) in [5.74, 6) is -0.185. The molecule has 41 heavy (non-hydrogen) atoms. The SMILES string of the molecule is CCCCNC(=O)[C@@H](C)N(Cc1ccc(C)cc1)C(=O)CN(c1ccc(OCC)cc1)S(=O)(=O)c1ccc(C)cc1. The summed E-state index contributed by atoms with van der Waals surface area (Å²) >= 11 is 0. The molecule has 9 heteroatoms. The van der Waals surface area contributed by atoms with Crippen molar-refractivity contribution in [2.75, 3.05) is 24.0 Å². The van der Waals surface area contributed by atoms with Crippen LogP contribution in [0.15, 0.2) is 77.7 Å². The van der Waals surface area contributed by atoms with E-state index < -0.39 is 28.5 Å². The summed E-state index contributed by atoms with van der Waals surface area (Å²) in [6, 6.07) is 20.0. The zero-order valence-electron chi connectivity index (χ0n) is 24.6. The number of rotatable bonds is 14. The number of anilines is 1. The molecule has 0 bridgehead atoms. The Morgan fingerprint density at radius 3 is 2.02 bits per heavy atom. The molecule has 3 aromatic carbocycles. The zero-order valence-corrected chi connectivity index (χ0v) is 25.4. The number of nitrogens with one attached hydrogen (secondary N) is 1.